The van der Waals surface area contributed by atoms with Crippen molar-refractivity contribution in [2.45, 2.75) is 19.8 Å². The summed E-state index contributed by atoms with van der Waals surface area (Å²) in [7, 11) is 0. The number of benzene rings is 1. The van der Waals surface area contributed by atoms with Crippen molar-refractivity contribution in [3.05, 3.63) is 70.7 Å². The molecule has 10 nitrogen and oxygen atoms in total. The zero-order valence-electron chi connectivity index (χ0n) is 15.9. The number of nitrogens with zero attached hydrogens (tertiary/aromatic N) is 4. The lowest BCUT2D eigenvalue weighted by atomic mass is 10.1. The number of hydrogen-bond donors (Lipinski definition) is 2. The molecule has 12 heteroatoms. The topological polar surface area (TPSA) is 147 Å². The van der Waals surface area contributed by atoms with Crippen molar-refractivity contribution in [2.75, 3.05) is 0 Å². The summed E-state index contributed by atoms with van der Waals surface area (Å²) in [5, 5.41) is 18.3. The number of nitrogens with one attached hydrogen (secondary N) is 2. The normalized spacial score (nSPS) is 11.2. The maximum absolute atomic E-state index is 12.1. The molecule has 0 unspecified atom stereocenters. The van der Waals surface area contributed by atoms with Crippen molar-refractivity contribution in [1.29, 1.82) is 5.26 Å². The van der Waals surface area contributed by atoms with E-state index in [1.54, 1.807) is 6.07 Å². The average molecular weight is 436 g/mol. The zero-order valence-corrected chi connectivity index (χ0v) is 16.4. The molecule has 0 saturated heterocycles. The van der Waals surface area contributed by atoms with Gasteiger partial charge in [-0.15, -0.1) is 10.2 Å². The van der Waals surface area contributed by atoms with Gasteiger partial charge in [-0.25, -0.2) is 9.89 Å². The molecule has 29 heavy (non-hydrogen) atoms. The molecule has 3 aromatic rings. The minimum atomic E-state index is -0.989. The van der Waals surface area contributed by atoms with Crippen LogP contribution in [-0.4, -0.2) is 25.0 Å². The minimum absolute atomic E-state index is 0.0136. The Morgan fingerprint density at radius 1 is 1.24 bits per heavy atom. The first-order chi connectivity index (χ1) is 14.1. The maximum atomic E-state index is 12.1. The molecule has 0 atom stereocenters. The highest BCUT2D eigenvalue weighted by atomic mass is 35.5. The van der Waals surface area contributed by atoms with E-state index in [1.807, 2.05) is 18.8 Å². The molecule has 0 aliphatic rings. The minimum Gasteiger partial charge on any atom is -0.434 e. The highest BCUT2D eigenvalue weighted by Gasteiger charge is 2.16. The molecule has 0 aliphatic heterocycles. The number of hydrogen-bond acceptors (Lipinski definition) is 7. The Morgan fingerprint density at radius 2 is 1.97 bits per heavy atom. The molecular weight excluding hydrogens is 423 g/mol. The van der Waals surface area contributed by atoms with Crippen LogP contribution in [0, 0.1) is 11.3 Å². The Morgan fingerprint density at radius 3 is 2.62 bits per heavy atom. The van der Waals surface area contributed by atoms with Gasteiger partial charge in [-0.05, 0) is 18.0 Å². The zero-order chi connectivity index (χ0) is 22.2. The monoisotopic (exact) mass is 435 g/mol. The lowest BCUT2D eigenvalue weighted by Gasteiger charge is -2.12. The molecule has 0 fully saturated rings. The third kappa shape index (κ3) is 4.06. The molecule has 2 aromatic heterocycles. The summed E-state index contributed by atoms with van der Waals surface area (Å²) in [5.74, 6) is -0.258. The summed E-state index contributed by atoms with van der Waals surface area (Å²) in [5.41, 5.74) is -2.68. The third-order valence-electron chi connectivity index (χ3n) is 3.72. The van der Waals surface area contributed by atoms with Crippen molar-refractivity contribution >= 4 is 23.2 Å². The van der Waals surface area contributed by atoms with Crippen molar-refractivity contribution in [3.8, 4) is 23.4 Å². The Hall–Kier alpha value is -3.42. The van der Waals surface area contributed by atoms with E-state index in [4.69, 9.17) is 34.6 Å². The molecule has 0 spiro atoms. The van der Waals surface area contributed by atoms with Gasteiger partial charge in [0.1, 0.15) is 6.07 Å². The Balaban J connectivity index is 2.13. The Labute approximate surface area is 173 Å². The molecule has 2 heterocycles. The first-order valence-corrected chi connectivity index (χ1v) is 8.79. The van der Waals surface area contributed by atoms with E-state index in [0.29, 0.717) is 10.2 Å². The average Bonchev–Trinajstić information content (AvgIpc) is 2.69. The quantitative estimate of drug-likeness (QED) is 0.637. The van der Waals surface area contributed by atoms with Gasteiger partial charge < -0.3 is 4.74 Å². The fraction of sp³-hybridized carbons (Fsp3) is 0.176. The predicted octanol–water partition coefficient (Wildman–Crippen LogP) is 2.10. The first kappa shape index (κ1) is 18.9. The van der Waals surface area contributed by atoms with Crippen LogP contribution in [0.15, 0.2) is 32.6 Å². The summed E-state index contributed by atoms with van der Waals surface area (Å²) in [6.45, 7) is 3.63. The van der Waals surface area contributed by atoms with Gasteiger partial charge in [0.2, 0.25) is 11.6 Å². The van der Waals surface area contributed by atoms with Gasteiger partial charge in [0.05, 0.1) is 17.1 Å². The van der Waals surface area contributed by atoms with Gasteiger partial charge in [0.25, 0.3) is 11.1 Å². The van der Waals surface area contributed by atoms with Crippen LogP contribution in [-0.2, 0) is 0 Å². The van der Waals surface area contributed by atoms with Crippen LogP contribution in [0.4, 0.5) is 0 Å². The number of aromatic nitrogens is 5. The Kier molecular flexibility index (Phi) is 5.16. The smallest absolute Gasteiger partial charge is 0.349 e. The van der Waals surface area contributed by atoms with E-state index in [0.717, 1.165) is 6.07 Å². The van der Waals surface area contributed by atoms with Gasteiger partial charge >= 0.3 is 5.69 Å². The second kappa shape index (κ2) is 7.90. The molecule has 0 aliphatic carbocycles. The second-order valence-electron chi connectivity index (χ2n) is 6.02. The molecule has 148 valence electrons. The van der Waals surface area contributed by atoms with Crippen LogP contribution < -0.4 is 21.5 Å². The van der Waals surface area contributed by atoms with Crippen LogP contribution in [0.3, 0.4) is 0 Å². The van der Waals surface area contributed by atoms with E-state index in [9.17, 15) is 14.4 Å². The third-order valence-corrected chi connectivity index (χ3v) is 4.26. The van der Waals surface area contributed by atoms with Crippen molar-refractivity contribution in [3.63, 3.8) is 0 Å². The van der Waals surface area contributed by atoms with Crippen LogP contribution >= 0.6 is 23.2 Å². The van der Waals surface area contributed by atoms with E-state index in [2.05, 4.69) is 15.3 Å². The molecule has 3 rings (SSSR count). The van der Waals surface area contributed by atoms with Gasteiger partial charge in [-0.2, -0.15) is 9.94 Å². The number of H-pyrrole nitrogens is 2. The van der Waals surface area contributed by atoms with E-state index < -0.39 is 23.0 Å². The largest absolute Gasteiger partial charge is 0.434 e. The fourth-order valence-electron chi connectivity index (χ4n) is 2.33. The lowest BCUT2D eigenvalue weighted by Crippen LogP contribution is -2.33. The summed E-state index contributed by atoms with van der Waals surface area (Å²) < 4.78 is 14.4. The molecule has 2 N–H and O–H groups in total. The molecular formula is C17H12Cl2N6O4. The highest BCUT2D eigenvalue weighted by molar-refractivity contribution is 6.37. The molecule has 0 radical (unpaired) electrons. The van der Waals surface area contributed by atoms with Crippen LogP contribution in [0.2, 0.25) is 10.0 Å². The van der Waals surface area contributed by atoms with Gasteiger partial charge in [-0.3, -0.25) is 14.6 Å². The van der Waals surface area contributed by atoms with Crippen molar-refractivity contribution < 1.29 is 6.11 Å². The molecule has 0 bridgehead atoms. The highest BCUT2D eigenvalue weighted by Crippen LogP contribution is 2.37. The number of halogens is 2. The molecule has 0 amide bonds. The number of nitriles is 1. The van der Waals surface area contributed by atoms with E-state index in [-0.39, 0.29) is 38.8 Å². The van der Waals surface area contributed by atoms with Crippen LogP contribution in [0.25, 0.3) is 5.69 Å². The van der Waals surface area contributed by atoms with E-state index in [1.165, 1.54) is 6.07 Å². The first-order valence-electron chi connectivity index (χ1n) is 8.54. The fourth-order valence-corrected chi connectivity index (χ4v) is 2.85. The standard InChI is InChI=1S/C17H12Cl2N6O4/c1-7(2)9-5-13(22-23-15(9)26)29-14-10(18)3-8(4-11(14)19)25-17(28)21-16(27)12(6-20)24-25/h3-5,7H,1-2H3,(H,23,26)(H,21,27,28)/i3D. The summed E-state index contributed by atoms with van der Waals surface area (Å²) in [6.07, 6.45) is 0. The predicted molar refractivity (Wildman–Crippen MR) is 104 cm³/mol. The number of aromatic amines is 2. The number of rotatable bonds is 4. The second-order valence-corrected chi connectivity index (χ2v) is 6.81. The van der Waals surface area contributed by atoms with Crippen LogP contribution in [0.5, 0.6) is 11.6 Å². The molecule has 0 saturated carbocycles. The lowest BCUT2D eigenvalue weighted by molar-refractivity contribution is 0.452. The summed E-state index contributed by atoms with van der Waals surface area (Å²) in [6, 6.07) is 3.71. The Bertz CT molecular complexity index is 1370. The van der Waals surface area contributed by atoms with Gasteiger partial charge in [0, 0.05) is 11.6 Å². The van der Waals surface area contributed by atoms with Crippen molar-refractivity contribution in [1.82, 2.24) is 25.0 Å². The summed E-state index contributed by atoms with van der Waals surface area (Å²) in [4.78, 5) is 37.4. The van der Waals surface area contributed by atoms with Gasteiger partial charge in [-0.1, -0.05) is 37.0 Å². The van der Waals surface area contributed by atoms with Crippen LogP contribution in [0.1, 0.15) is 32.4 Å². The van der Waals surface area contributed by atoms with E-state index >= 15 is 0 Å². The molecule has 1 aromatic carbocycles. The van der Waals surface area contributed by atoms with Crippen molar-refractivity contribution in [2.24, 2.45) is 0 Å². The number of ether oxygens (including phenoxy) is 1. The van der Waals surface area contributed by atoms with Gasteiger partial charge in [0.15, 0.2) is 5.75 Å². The SMILES string of the molecule is [2H]c1c(-n2nc(C#N)c(=O)[nH]c2=O)cc(Cl)c(Oc2cc(C(C)C)c(=O)[nH]n2)c1Cl. The maximum Gasteiger partial charge on any atom is 0.349 e. The summed E-state index contributed by atoms with van der Waals surface area (Å²) >= 11 is 12.4.